The minimum atomic E-state index is -2.88. The summed E-state index contributed by atoms with van der Waals surface area (Å²) in [5, 5.41) is 7.95. The summed E-state index contributed by atoms with van der Waals surface area (Å²) >= 11 is 0. The molecular weight excluding hydrogens is 354 g/mol. The van der Waals surface area contributed by atoms with Crippen LogP contribution in [0.5, 0.6) is 11.5 Å². The fourth-order valence-corrected chi connectivity index (χ4v) is 5.14. The smallest absolute Gasteiger partial charge is 0.161 e. The molecule has 1 aromatic heterocycles. The molecule has 140 valence electrons. The Kier molecular flexibility index (Phi) is 4.62. The Hall–Kier alpha value is -2.06. The van der Waals surface area contributed by atoms with E-state index in [0.717, 1.165) is 34.7 Å². The molecule has 1 saturated heterocycles. The number of nitrogens with one attached hydrogen (secondary N) is 1. The Morgan fingerprint density at radius 1 is 1.27 bits per heavy atom. The SMILES string of the molecule is Cn1cc(CNC2CCS(=O)(=O)C2)c(-c2ccc3c(c2)OCCCO3)n1. The van der Waals surface area contributed by atoms with Crippen molar-refractivity contribution in [3.8, 4) is 22.8 Å². The van der Waals surface area contributed by atoms with Crippen molar-refractivity contribution in [3.05, 3.63) is 30.0 Å². The van der Waals surface area contributed by atoms with Crippen LogP contribution in [0.15, 0.2) is 24.4 Å². The fraction of sp³-hybridized carbons (Fsp3) is 0.500. The molecule has 7 nitrogen and oxygen atoms in total. The van der Waals surface area contributed by atoms with Crippen LogP contribution in [0, 0.1) is 0 Å². The Balaban J connectivity index is 1.55. The standard InChI is InChI=1S/C18H23N3O4S/c1-21-11-14(10-19-15-5-8-26(22,23)12-15)18(20-21)13-3-4-16-17(9-13)25-7-2-6-24-16/h3-4,9,11,15,19H,2,5-8,10,12H2,1H3. The fourth-order valence-electron chi connectivity index (χ4n) is 3.43. The van der Waals surface area contributed by atoms with Crippen molar-refractivity contribution in [1.29, 1.82) is 0 Å². The van der Waals surface area contributed by atoms with Gasteiger partial charge in [-0.15, -0.1) is 0 Å². The maximum atomic E-state index is 11.6. The second kappa shape index (κ2) is 6.92. The number of benzene rings is 1. The molecule has 8 heteroatoms. The summed E-state index contributed by atoms with van der Waals surface area (Å²) in [5.41, 5.74) is 2.87. The lowest BCUT2D eigenvalue weighted by molar-refractivity contribution is 0.297. The van der Waals surface area contributed by atoms with Gasteiger partial charge in [-0.25, -0.2) is 8.42 Å². The Morgan fingerprint density at radius 2 is 2.08 bits per heavy atom. The summed E-state index contributed by atoms with van der Waals surface area (Å²) in [5.74, 6) is 1.99. The van der Waals surface area contributed by atoms with Gasteiger partial charge in [-0.1, -0.05) is 0 Å². The van der Waals surface area contributed by atoms with Gasteiger partial charge in [0.15, 0.2) is 21.3 Å². The average molecular weight is 377 g/mol. The van der Waals surface area contributed by atoms with Gasteiger partial charge in [0.05, 0.1) is 30.4 Å². The van der Waals surface area contributed by atoms with Crippen molar-refractivity contribution in [2.45, 2.75) is 25.4 Å². The molecule has 0 saturated carbocycles. The summed E-state index contributed by atoms with van der Waals surface area (Å²) in [7, 11) is -0.999. The topological polar surface area (TPSA) is 82.5 Å². The molecule has 0 radical (unpaired) electrons. The van der Waals surface area contributed by atoms with Gasteiger partial charge in [0.1, 0.15) is 0 Å². The Labute approximate surface area is 153 Å². The first-order chi connectivity index (χ1) is 12.5. The Morgan fingerprint density at radius 3 is 2.85 bits per heavy atom. The normalized spacial score (nSPS) is 21.5. The van der Waals surface area contributed by atoms with Gasteiger partial charge >= 0.3 is 0 Å². The number of ether oxygens (including phenoxy) is 2. The molecule has 3 heterocycles. The molecule has 2 aromatic rings. The predicted octanol–water partition coefficient (Wildman–Crippen LogP) is 1.53. The molecule has 0 bridgehead atoms. The van der Waals surface area contributed by atoms with Gasteiger partial charge in [-0.05, 0) is 24.6 Å². The number of aromatic nitrogens is 2. The van der Waals surface area contributed by atoms with E-state index < -0.39 is 9.84 Å². The van der Waals surface area contributed by atoms with E-state index in [1.165, 1.54) is 0 Å². The lowest BCUT2D eigenvalue weighted by atomic mass is 10.1. The molecule has 1 unspecified atom stereocenters. The van der Waals surface area contributed by atoms with Crippen LogP contribution in [0.1, 0.15) is 18.4 Å². The number of hydrogen-bond acceptors (Lipinski definition) is 6. The number of aryl methyl sites for hydroxylation is 1. The van der Waals surface area contributed by atoms with Crippen LogP contribution in [-0.4, -0.2) is 49.0 Å². The zero-order valence-corrected chi connectivity index (χ0v) is 15.6. The average Bonchev–Trinajstić information content (AvgIpc) is 3.05. The van der Waals surface area contributed by atoms with E-state index in [9.17, 15) is 8.42 Å². The van der Waals surface area contributed by atoms with Crippen molar-refractivity contribution < 1.29 is 17.9 Å². The number of sulfone groups is 1. The molecular formula is C18H23N3O4S. The van der Waals surface area contributed by atoms with Crippen molar-refractivity contribution in [1.82, 2.24) is 15.1 Å². The van der Waals surface area contributed by atoms with E-state index in [0.29, 0.717) is 26.2 Å². The molecule has 2 aliphatic rings. The van der Waals surface area contributed by atoms with E-state index in [1.54, 1.807) is 4.68 Å². The maximum Gasteiger partial charge on any atom is 0.161 e. The van der Waals surface area contributed by atoms with Crippen LogP contribution in [0.2, 0.25) is 0 Å². The third kappa shape index (κ3) is 3.71. The second-order valence-corrected chi connectivity index (χ2v) is 9.10. The highest BCUT2D eigenvalue weighted by molar-refractivity contribution is 7.91. The van der Waals surface area contributed by atoms with Crippen LogP contribution < -0.4 is 14.8 Å². The molecule has 1 fully saturated rings. The highest BCUT2D eigenvalue weighted by Gasteiger charge is 2.27. The quantitative estimate of drug-likeness (QED) is 0.870. The lowest BCUT2D eigenvalue weighted by Crippen LogP contribution is -2.29. The first-order valence-corrected chi connectivity index (χ1v) is 10.7. The molecule has 4 rings (SSSR count). The maximum absolute atomic E-state index is 11.6. The molecule has 0 amide bonds. The molecule has 1 atom stereocenters. The van der Waals surface area contributed by atoms with Crippen molar-refractivity contribution in [3.63, 3.8) is 0 Å². The molecule has 1 aromatic carbocycles. The van der Waals surface area contributed by atoms with E-state index in [1.807, 2.05) is 31.4 Å². The third-order valence-electron chi connectivity index (χ3n) is 4.74. The van der Waals surface area contributed by atoms with Gasteiger partial charge in [0.25, 0.3) is 0 Å². The van der Waals surface area contributed by atoms with Gasteiger partial charge in [0, 0.05) is 43.4 Å². The number of fused-ring (bicyclic) bond motifs is 1. The zero-order valence-electron chi connectivity index (χ0n) is 14.8. The van der Waals surface area contributed by atoms with Crippen LogP contribution in [-0.2, 0) is 23.4 Å². The van der Waals surface area contributed by atoms with Crippen molar-refractivity contribution in [2.24, 2.45) is 7.05 Å². The van der Waals surface area contributed by atoms with Gasteiger partial charge in [0.2, 0.25) is 0 Å². The van der Waals surface area contributed by atoms with Crippen molar-refractivity contribution in [2.75, 3.05) is 24.7 Å². The summed E-state index contributed by atoms with van der Waals surface area (Å²) in [4.78, 5) is 0. The van der Waals surface area contributed by atoms with Crippen LogP contribution in [0.4, 0.5) is 0 Å². The van der Waals surface area contributed by atoms with Crippen LogP contribution >= 0.6 is 0 Å². The Bertz CT molecular complexity index is 907. The molecule has 26 heavy (non-hydrogen) atoms. The van der Waals surface area contributed by atoms with Crippen molar-refractivity contribution >= 4 is 9.84 Å². The van der Waals surface area contributed by atoms with E-state index in [-0.39, 0.29) is 17.5 Å². The monoisotopic (exact) mass is 377 g/mol. The molecule has 2 aliphatic heterocycles. The largest absolute Gasteiger partial charge is 0.490 e. The summed E-state index contributed by atoms with van der Waals surface area (Å²) in [6, 6.07) is 5.88. The highest BCUT2D eigenvalue weighted by atomic mass is 32.2. The van der Waals surface area contributed by atoms with Gasteiger partial charge in [-0.3, -0.25) is 4.68 Å². The van der Waals surface area contributed by atoms with Gasteiger partial charge < -0.3 is 14.8 Å². The van der Waals surface area contributed by atoms with Crippen LogP contribution in [0.3, 0.4) is 0 Å². The van der Waals surface area contributed by atoms with Crippen LogP contribution in [0.25, 0.3) is 11.3 Å². The van der Waals surface area contributed by atoms with E-state index in [2.05, 4.69) is 10.4 Å². The lowest BCUT2D eigenvalue weighted by Gasteiger charge is -2.12. The summed E-state index contributed by atoms with van der Waals surface area (Å²) < 4.78 is 36.5. The second-order valence-electron chi connectivity index (χ2n) is 6.87. The minimum Gasteiger partial charge on any atom is -0.490 e. The summed E-state index contributed by atoms with van der Waals surface area (Å²) in [6.07, 6.45) is 3.50. The predicted molar refractivity (Wildman–Crippen MR) is 98.1 cm³/mol. The highest BCUT2D eigenvalue weighted by Crippen LogP contribution is 2.34. The summed E-state index contributed by atoms with van der Waals surface area (Å²) in [6.45, 7) is 1.89. The number of nitrogens with zero attached hydrogens (tertiary/aromatic N) is 2. The molecule has 0 spiro atoms. The van der Waals surface area contributed by atoms with Gasteiger partial charge in [-0.2, -0.15) is 5.10 Å². The first kappa shape index (κ1) is 17.4. The van der Waals surface area contributed by atoms with E-state index >= 15 is 0 Å². The molecule has 0 aliphatic carbocycles. The minimum absolute atomic E-state index is 0.0110. The number of hydrogen-bond donors (Lipinski definition) is 1. The third-order valence-corrected chi connectivity index (χ3v) is 6.51. The zero-order chi connectivity index (χ0) is 18.1. The number of rotatable bonds is 4. The molecule has 1 N–H and O–H groups in total. The first-order valence-electron chi connectivity index (χ1n) is 8.86. The van der Waals surface area contributed by atoms with E-state index in [4.69, 9.17) is 9.47 Å².